The maximum Gasteiger partial charge on any atom is 0.255 e. The lowest BCUT2D eigenvalue weighted by molar-refractivity contribution is -0.113. The second-order valence-electron chi connectivity index (χ2n) is 10.2. The van der Waals surface area contributed by atoms with Crippen LogP contribution in [0.4, 0.5) is 11.6 Å². The summed E-state index contributed by atoms with van der Waals surface area (Å²) in [6.45, 7) is 6.53. The van der Waals surface area contributed by atoms with Crippen LogP contribution >= 0.6 is 35.0 Å². The average molecular weight is 669 g/mol. The van der Waals surface area contributed by atoms with E-state index in [2.05, 4.69) is 17.6 Å². The third kappa shape index (κ3) is 7.35. The van der Waals surface area contributed by atoms with Crippen LogP contribution in [0.1, 0.15) is 50.8 Å². The number of nitrogens with zero attached hydrogens (tertiary/aromatic N) is 3. The van der Waals surface area contributed by atoms with E-state index in [1.54, 1.807) is 41.8 Å². The molecule has 0 saturated heterocycles. The fourth-order valence-electron chi connectivity index (χ4n) is 4.94. The van der Waals surface area contributed by atoms with Crippen LogP contribution in [0.2, 0.25) is 10.0 Å². The molecule has 5 rings (SSSR count). The second-order valence-corrected chi connectivity index (χ2v) is 12.1. The number of rotatable bonds is 13. The number of para-hydroxylation sites is 2. The molecule has 45 heavy (non-hydrogen) atoms. The highest BCUT2D eigenvalue weighted by molar-refractivity contribution is 7.99. The number of benzene rings is 3. The lowest BCUT2D eigenvalue weighted by atomic mass is 9.94. The molecule has 0 aliphatic carbocycles. The SMILES string of the molecule is CCCCSc1nc2n(n1)C(c1ccc(OCc3c(Cl)cccc3Cl)c(OC)c1)C(C(=O)Nc1ccccc1OCC)=C(C)N2. The van der Waals surface area contributed by atoms with Crippen LogP contribution in [0, 0.1) is 0 Å². The Morgan fingerprint density at radius 2 is 1.80 bits per heavy atom. The topological polar surface area (TPSA) is 99.5 Å². The highest BCUT2D eigenvalue weighted by Gasteiger charge is 2.35. The molecule has 3 aromatic carbocycles. The number of aromatic nitrogens is 3. The molecule has 1 unspecified atom stereocenters. The monoisotopic (exact) mass is 667 g/mol. The van der Waals surface area contributed by atoms with Crippen molar-refractivity contribution >= 4 is 52.5 Å². The van der Waals surface area contributed by atoms with Gasteiger partial charge in [-0.25, -0.2) is 4.68 Å². The maximum atomic E-state index is 14.1. The molecule has 2 N–H and O–H groups in total. The molecule has 1 aromatic heterocycles. The Bertz CT molecular complexity index is 1690. The Labute approximate surface area is 277 Å². The summed E-state index contributed by atoms with van der Waals surface area (Å²) in [5, 5.41) is 12.9. The fraction of sp³-hybridized carbons (Fsp3) is 0.303. The molecule has 0 saturated carbocycles. The summed E-state index contributed by atoms with van der Waals surface area (Å²) in [5.74, 6) is 2.71. The number of amides is 1. The zero-order valence-electron chi connectivity index (χ0n) is 25.5. The number of carbonyl (C=O) groups is 1. The molecule has 2 heterocycles. The molecule has 0 fully saturated rings. The van der Waals surface area contributed by atoms with E-state index in [1.165, 1.54) is 0 Å². The van der Waals surface area contributed by atoms with Crippen LogP contribution in [0.3, 0.4) is 0 Å². The number of halogens is 2. The number of allylic oxidation sites excluding steroid dienone is 1. The molecule has 1 amide bonds. The molecule has 1 aliphatic rings. The number of nitrogens with one attached hydrogen (secondary N) is 2. The Balaban J connectivity index is 1.52. The number of anilines is 2. The van der Waals surface area contributed by atoms with Crippen LogP contribution in [0.15, 0.2) is 77.1 Å². The number of hydrogen-bond acceptors (Lipinski definition) is 8. The first kappa shape index (κ1) is 32.5. The van der Waals surface area contributed by atoms with Crippen LogP contribution in [0.5, 0.6) is 17.2 Å². The van der Waals surface area contributed by atoms with E-state index in [1.807, 2.05) is 56.3 Å². The number of thioether (sulfide) groups is 1. The lowest BCUT2D eigenvalue weighted by Crippen LogP contribution is -2.31. The first-order chi connectivity index (χ1) is 21.8. The highest BCUT2D eigenvalue weighted by Crippen LogP contribution is 2.41. The average Bonchev–Trinajstić information content (AvgIpc) is 3.43. The van der Waals surface area contributed by atoms with Gasteiger partial charge < -0.3 is 24.8 Å². The first-order valence-electron chi connectivity index (χ1n) is 14.7. The van der Waals surface area contributed by atoms with Gasteiger partial charge in [-0.05, 0) is 62.2 Å². The minimum atomic E-state index is -0.616. The van der Waals surface area contributed by atoms with E-state index in [4.69, 9.17) is 47.5 Å². The summed E-state index contributed by atoms with van der Waals surface area (Å²) in [4.78, 5) is 18.8. The van der Waals surface area contributed by atoms with Crippen molar-refractivity contribution in [1.82, 2.24) is 14.8 Å². The van der Waals surface area contributed by atoms with E-state index in [0.717, 1.165) is 24.2 Å². The summed E-state index contributed by atoms with van der Waals surface area (Å²) in [5.41, 5.74) is 3.14. The Morgan fingerprint density at radius 1 is 1.02 bits per heavy atom. The molecule has 236 valence electrons. The number of hydrogen-bond donors (Lipinski definition) is 2. The van der Waals surface area contributed by atoms with Crippen molar-refractivity contribution in [3.8, 4) is 17.2 Å². The molecule has 0 bridgehead atoms. The van der Waals surface area contributed by atoms with Gasteiger partial charge in [0.1, 0.15) is 18.4 Å². The summed E-state index contributed by atoms with van der Waals surface area (Å²) in [6.07, 6.45) is 2.13. The van der Waals surface area contributed by atoms with Crippen molar-refractivity contribution in [3.05, 3.63) is 93.1 Å². The van der Waals surface area contributed by atoms with E-state index < -0.39 is 6.04 Å². The third-order valence-electron chi connectivity index (χ3n) is 7.18. The van der Waals surface area contributed by atoms with Crippen molar-refractivity contribution in [1.29, 1.82) is 0 Å². The first-order valence-corrected chi connectivity index (χ1v) is 16.4. The minimum Gasteiger partial charge on any atom is -0.493 e. The van der Waals surface area contributed by atoms with Gasteiger partial charge >= 0.3 is 0 Å². The van der Waals surface area contributed by atoms with Gasteiger partial charge in [-0.1, -0.05) is 72.6 Å². The predicted molar refractivity (Wildman–Crippen MR) is 180 cm³/mol. The molecular weight excluding hydrogens is 633 g/mol. The number of fused-ring (bicyclic) bond motifs is 1. The number of unbranched alkanes of at least 4 members (excludes halogenated alkanes) is 1. The van der Waals surface area contributed by atoms with Gasteiger partial charge in [0.25, 0.3) is 5.91 Å². The summed E-state index contributed by atoms with van der Waals surface area (Å²) in [6, 6.07) is 17.6. The summed E-state index contributed by atoms with van der Waals surface area (Å²) < 4.78 is 19.4. The maximum absolute atomic E-state index is 14.1. The fourth-order valence-corrected chi connectivity index (χ4v) is 6.36. The molecule has 9 nitrogen and oxygen atoms in total. The predicted octanol–water partition coefficient (Wildman–Crippen LogP) is 8.39. The minimum absolute atomic E-state index is 0.152. The molecule has 1 atom stereocenters. The Morgan fingerprint density at radius 3 is 2.53 bits per heavy atom. The van der Waals surface area contributed by atoms with Gasteiger partial charge in [0.2, 0.25) is 11.1 Å². The molecule has 0 radical (unpaired) electrons. The summed E-state index contributed by atoms with van der Waals surface area (Å²) in [7, 11) is 1.57. The van der Waals surface area contributed by atoms with Gasteiger partial charge in [-0.3, -0.25) is 4.79 Å². The number of ether oxygens (including phenoxy) is 3. The molecule has 12 heteroatoms. The number of methoxy groups -OCH3 is 1. The van der Waals surface area contributed by atoms with Gasteiger partial charge in [0, 0.05) is 27.1 Å². The molecular formula is C33H35Cl2N5O4S. The van der Waals surface area contributed by atoms with E-state index in [-0.39, 0.29) is 12.5 Å². The van der Waals surface area contributed by atoms with Gasteiger partial charge in [0.15, 0.2) is 11.5 Å². The molecule has 0 spiro atoms. The van der Waals surface area contributed by atoms with E-state index >= 15 is 0 Å². The Kier molecular flexibility index (Phi) is 10.8. The van der Waals surface area contributed by atoms with Crippen molar-refractivity contribution in [2.75, 3.05) is 30.1 Å². The normalized spacial score (nSPS) is 14.0. The van der Waals surface area contributed by atoms with Crippen molar-refractivity contribution in [2.24, 2.45) is 0 Å². The van der Waals surface area contributed by atoms with E-state index in [0.29, 0.717) is 67.5 Å². The smallest absolute Gasteiger partial charge is 0.255 e. The highest BCUT2D eigenvalue weighted by atomic mass is 35.5. The van der Waals surface area contributed by atoms with Gasteiger partial charge in [-0.2, -0.15) is 4.98 Å². The van der Waals surface area contributed by atoms with Gasteiger partial charge in [0.05, 0.1) is 25.0 Å². The molecule has 1 aliphatic heterocycles. The third-order valence-corrected chi connectivity index (χ3v) is 8.81. The van der Waals surface area contributed by atoms with E-state index in [9.17, 15) is 4.79 Å². The second kappa shape index (κ2) is 14.9. The zero-order valence-corrected chi connectivity index (χ0v) is 27.9. The number of carbonyl (C=O) groups excluding carboxylic acids is 1. The van der Waals surface area contributed by atoms with Crippen molar-refractivity contribution < 1.29 is 19.0 Å². The van der Waals surface area contributed by atoms with Crippen molar-refractivity contribution in [3.63, 3.8) is 0 Å². The molecule has 4 aromatic rings. The Hall–Kier alpha value is -3.86. The lowest BCUT2D eigenvalue weighted by Gasteiger charge is -2.29. The quantitative estimate of drug-likeness (QED) is 0.108. The largest absolute Gasteiger partial charge is 0.493 e. The standard InChI is InChI=1S/C33H35Cl2N5O4S/c1-5-7-17-45-33-38-32-36-20(3)29(31(41)37-25-13-8-9-14-26(25)43-6-2)30(40(32)39-33)21-15-16-27(28(18-21)42-4)44-19-22-23(34)11-10-12-24(22)35/h8-16,18,30H,5-7,17,19H2,1-4H3,(H,37,41)(H,36,38,39). The summed E-state index contributed by atoms with van der Waals surface area (Å²) >= 11 is 14.3. The zero-order chi connectivity index (χ0) is 31.9. The van der Waals surface area contributed by atoms with Crippen LogP contribution in [-0.4, -0.2) is 40.1 Å². The van der Waals surface area contributed by atoms with Gasteiger partial charge in [-0.15, -0.1) is 5.10 Å². The van der Waals surface area contributed by atoms with Crippen molar-refractivity contribution in [2.45, 2.75) is 51.4 Å². The van der Waals surface area contributed by atoms with Crippen LogP contribution < -0.4 is 24.8 Å². The van der Waals surface area contributed by atoms with Crippen LogP contribution in [-0.2, 0) is 11.4 Å². The van der Waals surface area contributed by atoms with Crippen LogP contribution in [0.25, 0.3) is 0 Å².